The predicted molar refractivity (Wildman–Crippen MR) is 107 cm³/mol. The van der Waals surface area contributed by atoms with E-state index in [1.807, 2.05) is 48.5 Å². The molecule has 0 saturated carbocycles. The highest BCUT2D eigenvalue weighted by molar-refractivity contribution is 5.93. The molecule has 2 N–H and O–H groups in total. The summed E-state index contributed by atoms with van der Waals surface area (Å²) in [5.74, 6) is 1.33. The monoisotopic (exact) mass is 377 g/mol. The van der Waals surface area contributed by atoms with Crippen LogP contribution in [0.5, 0.6) is 5.75 Å². The van der Waals surface area contributed by atoms with Crippen LogP contribution < -0.4 is 15.4 Å². The van der Waals surface area contributed by atoms with E-state index in [9.17, 15) is 4.79 Å². The Bertz CT molecular complexity index is 1190. The Morgan fingerprint density at radius 1 is 1.21 bits per heavy atom. The number of rotatable bonds is 5. The van der Waals surface area contributed by atoms with E-state index in [4.69, 9.17) is 11.1 Å². The molecule has 0 spiro atoms. The summed E-state index contributed by atoms with van der Waals surface area (Å²) in [5, 5.41) is 11.0. The van der Waals surface area contributed by atoms with Crippen molar-refractivity contribution in [2.24, 2.45) is 0 Å². The number of aromatic nitrogens is 4. The number of carbonyl (C=O) groups excluding carboxylic acids is 1. The van der Waals surface area contributed by atoms with Crippen molar-refractivity contribution in [2.75, 3.05) is 19.5 Å². The third-order valence-corrected chi connectivity index (χ3v) is 4.42. The fourth-order valence-electron chi connectivity index (χ4n) is 2.95. The lowest BCUT2D eigenvalue weighted by Crippen LogP contribution is -2.36. The Balaban J connectivity index is 1.86. The van der Waals surface area contributed by atoms with Crippen molar-refractivity contribution in [3.8, 4) is 17.1 Å². The van der Waals surface area contributed by atoms with Crippen LogP contribution in [-0.4, -0.2) is 45.7 Å². The van der Waals surface area contributed by atoms with Crippen LogP contribution in [0.4, 0.5) is 5.95 Å². The number of amides is 1. The average molecular weight is 377 g/mol. The topological polar surface area (TPSA) is 93.4 Å². The summed E-state index contributed by atoms with van der Waals surface area (Å²) in [5.41, 5.74) is 2.17. The van der Waals surface area contributed by atoms with Gasteiger partial charge in [-0.05, 0) is 31.2 Å². The normalized spacial score (nSPS) is 12.6. The van der Waals surface area contributed by atoms with Crippen LogP contribution in [0.2, 0.25) is 0 Å². The van der Waals surface area contributed by atoms with Gasteiger partial charge in [0.2, 0.25) is 11.9 Å². The van der Waals surface area contributed by atoms with Crippen LogP contribution in [0, 0.1) is 0 Å². The summed E-state index contributed by atoms with van der Waals surface area (Å²) in [7, 11) is 1.42. The number of anilines is 1. The van der Waals surface area contributed by atoms with E-state index in [0.29, 0.717) is 23.2 Å². The van der Waals surface area contributed by atoms with Crippen LogP contribution in [0.25, 0.3) is 27.9 Å². The highest BCUT2D eigenvalue weighted by Gasteiger charge is 2.18. The molecule has 1 atom stereocenters. The maximum Gasteiger partial charge on any atom is 0.242 e. The second-order valence-electron chi connectivity index (χ2n) is 6.26. The van der Waals surface area contributed by atoms with Gasteiger partial charge in [0.05, 0.1) is 12.6 Å². The molecule has 0 radical (unpaired) electrons. The second kappa shape index (κ2) is 7.15. The van der Waals surface area contributed by atoms with Crippen LogP contribution in [0.15, 0.2) is 48.5 Å². The van der Waals surface area contributed by atoms with Gasteiger partial charge in [0, 0.05) is 19.3 Å². The second-order valence-corrected chi connectivity index (χ2v) is 6.26. The lowest BCUT2D eigenvalue weighted by atomic mass is 10.2. The maximum absolute atomic E-state index is 12.1. The largest absolute Gasteiger partial charge is 0.497 e. The first-order valence-corrected chi connectivity index (χ1v) is 8.74. The number of methoxy groups -OCH3 is 1. The van der Waals surface area contributed by atoms with Crippen molar-refractivity contribution in [2.45, 2.75) is 13.0 Å². The molecule has 2 aromatic heterocycles. The number of para-hydroxylation sites is 1. The molecule has 8 nitrogen and oxygen atoms in total. The van der Waals surface area contributed by atoms with Gasteiger partial charge in [-0.25, -0.2) is 9.97 Å². The lowest BCUT2D eigenvalue weighted by molar-refractivity contribution is -0.121. The summed E-state index contributed by atoms with van der Waals surface area (Å²) < 4.78 is 14.1. The lowest BCUT2D eigenvalue weighted by Gasteiger charge is -2.14. The number of nitrogens with one attached hydrogen (secondary N) is 2. The number of fused-ring (bicyclic) bond motifs is 3. The molecule has 28 heavy (non-hydrogen) atoms. The highest BCUT2D eigenvalue weighted by Crippen LogP contribution is 2.26. The zero-order chi connectivity index (χ0) is 20.4. The van der Waals surface area contributed by atoms with Crippen LogP contribution in [0.1, 0.15) is 8.29 Å². The van der Waals surface area contributed by atoms with Crippen molar-refractivity contribution in [3.63, 3.8) is 0 Å². The standard InChI is InChI=1S/C20H20N6O2/c1-12(19(27)21-2)22-20-23-16-10-5-4-9-15(16)18-24-17(25-26(18)20)13-7-6-8-14(11-13)28-3/h4-12H,1-3H3,(H,21,27)(H,22,23)/t12-/m0/s1/i2D. The number of carbonyl (C=O) groups is 1. The Labute approximate surface area is 163 Å². The first-order chi connectivity index (χ1) is 14.1. The Morgan fingerprint density at radius 3 is 2.89 bits per heavy atom. The summed E-state index contributed by atoms with van der Waals surface area (Å²) in [4.78, 5) is 21.4. The molecular weight excluding hydrogens is 356 g/mol. The highest BCUT2D eigenvalue weighted by atomic mass is 16.5. The summed E-state index contributed by atoms with van der Waals surface area (Å²) in [6.07, 6.45) is 0. The molecule has 0 aliphatic heterocycles. The minimum Gasteiger partial charge on any atom is -0.497 e. The Morgan fingerprint density at radius 2 is 2.07 bits per heavy atom. The van der Waals surface area contributed by atoms with Crippen LogP contribution >= 0.6 is 0 Å². The van der Waals surface area contributed by atoms with Crippen molar-refractivity contribution < 1.29 is 10.9 Å². The van der Waals surface area contributed by atoms with E-state index < -0.39 is 6.04 Å². The molecule has 0 bridgehead atoms. The third-order valence-electron chi connectivity index (χ3n) is 4.42. The van der Waals surface area contributed by atoms with E-state index in [-0.39, 0.29) is 12.9 Å². The van der Waals surface area contributed by atoms with E-state index in [1.54, 1.807) is 18.5 Å². The number of benzene rings is 2. The molecule has 0 fully saturated rings. The summed E-state index contributed by atoms with van der Waals surface area (Å²) in [6.45, 7) is 1.70. The van der Waals surface area contributed by atoms with Gasteiger partial charge in [0.15, 0.2) is 11.5 Å². The Kier molecular flexibility index (Phi) is 4.21. The zero-order valence-corrected chi connectivity index (χ0v) is 15.5. The maximum atomic E-state index is 12.1. The number of ether oxygens (including phenoxy) is 1. The van der Waals surface area contributed by atoms with Gasteiger partial charge in [-0.1, -0.05) is 24.3 Å². The number of nitrogens with zero attached hydrogens (tertiary/aromatic N) is 4. The van der Waals surface area contributed by atoms with Crippen molar-refractivity contribution in [1.82, 2.24) is 24.9 Å². The molecule has 8 heteroatoms. The molecule has 142 valence electrons. The molecule has 1 amide bonds. The molecule has 0 unspecified atom stereocenters. The van der Waals surface area contributed by atoms with Gasteiger partial charge in [0.25, 0.3) is 0 Å². The SMILES string of the molecule is [2H]CNC(=O)[C@H](C)Nc1nc2ccccc2c2nc(-c3cccc(OC)c3)nn12. The van der Waals surface area contributed by atoms with Crippen molar-refractivity contribution in [3.05, 3.63) is 48.5 Å². The molecule has 0 aliphatic carbocycles. The van der Waals surface area contributed by atoms with E-state index >= 15 is 0 Å². The van der Waals surface area contributed by atoms with E-state index in [2.05, 4.69) is 20.7 Å². The number of likely N-dealkylation sites (N-methyl/N-ethyl adjacent to an activating group) is 1. The van der Waals surface area contributed by atoms with Gasteiger partial charge in [-0.2, -0.15) is 4.52 Å². The van der Waals surface area contributed by atoms with Gasteiger partial charge < -0.3 is 15.4 Å². The molecule has 4 aromatic rings. The molecule has 2 heterocycles. The number of hydrogen-bond donors (Lipinski definition) is 2. The fourth-order valence-corrected chi connectivity index (χ4v) is 2.95. The molecular formula is C20H20N6O2. The van der Waals surface area contributed by atoms with Gasteiger partial charge in [-0.15, -0.1) is 5.10 Å². The van der Waals surface area contributed by atoms with Crippen LogP contribution in [-0.2, 0) is 4.79 Å². The van der Waals surface area contributed by atoms with Crippen LogP contribution in [0.3, 0.4) is 0 Å². The van der Waals surface area contributed by atoms with E-state index in [0.717, 1.165) is 16.5 Å². The smallest absolute Gasteiger partial charge is 0.242 e. The van der Waals surface area contributed by atoms with Gasteiger partial charge in [-0.3, -0.25) is 4.79 Å². The van der Waals surface area contributed by atoms with Crippen molar-refractivity contribution in [1.29, 1.82) is 0 Å². The van der Waals surface area contributed by atoms with E-state index in [1.165, 1.54) is 0 Å². The average Bonchev–Trinajstić information content (AvgIpc) is 3.20. The van der Waals surface area contributed by atoms with Gasteiger partial charge >= 0.3 is 0 Å². The minimum absolute atomic E-state index is 0.186. The fraction of sp³-hybridized carbons (Fsp3) is 0.200. The molecule has 2 aromatic carbocycles. The zero-order valence-electron chi connectivity index (χ0n) is 16.5. The first-order valence-electron chi connectivity index (χ1n) is 9.45. The molecule has 4 rings (SSSR count). The molecule has 0 aliphatic rings. The molecule has 0 saturated heterocycles. The number of hydrogen-bond acceptors (Lipinski definition) is 6. The third kappa shape index (κ3) is 3.09. The first kappa shape index (κ1) is 16.5. The van der Waals surface area contributed by atoms with Gasteiger partial charge in [0.1, 0.15) is 11.8 Å². The van der Waals surface area contributed by atoms with Crippen molar-refractivity contribution >= 4 is 28.4 Å². The predicted octanol–water partition coefficient (Wildman–Crippen LogP) is 2.50. The minimum atomic E-state index is -0.596. The Hall–Kier alpha value is -3.68. The quantitative estimate of drug-likeness (QED) is 0.555. The summed E-state index contributed by atoms with van der Waals surface area (Å²) >= 11 is 0. The summed E-state index contributed by atoms with van der Waals surface area (Å²) in [6, 6.07) is 14.5.